The largest absolute Gasteiger partial charge is 0.463 e. The van der Waals surface area contributed by atoms with Crippen molar-refractivity contribution >= 4 is 0 Å². The summed E-state index contributed by atoms with van der Waals surface area (Å²) in [5, 5.41) is 3.52. The molecule has 2 fully saturated rings. The average molecular weight is 250 g/mol. The maximum Gasteiger partial charge on any atom is 0.121 e. The lowest BCUT2D eigenvalue weighted by Gasteiger charge is -2.25. The number of piperidine rings is 1. The van der Waals surface area contributed by atoms with Gasteiger partial charge in [-0.1, -0.05) is 6.42 Å². The lowest BCUT2D eigenvalue weighted by molar-refractivity contribution is 0.0311. The van der Waals surface area contributed by atoms with Crippen molar-refractivity contribution in [1.29, 1.82) is 0 Å². The van der Waals surface area contributed by atoms with Gasteiger partial charge in [0, 0.05) is 13.1 Å². The number of furan rings is 1. The fourth-order valence-corrected chi connectivity index (χ4v) is 2.74. The van der Waals surface area contributed by atoms with Gasteiger partial charge < -0.3 is 14.5 Å². The summed E-state index contributed by atoms with van der Waals surface area (Å²) in [4.78, 5) is 2.39. The molecule has 1 aromatic rings. The van der Waals surface area contributed by atoms with E-state index in [-0.39, 0.29) is 0 Å². The summed E-state index contributed by atoms with van der Waals surface area (Å²) in [5.41, 5.74) is 0. The number of morpholine rings is 1. The van der Waals surface area contributed by atoms with Crippen LogP contribution in [0.3, 0.4) is 0 Å². The molecule has 100 valence electrons. The molecule has 0 saturated carbocycles. The Morgan fingerprint density at radius 3 is 2.89 bits per heavy atom. The molecule has 0 spiro atoms. The molecular formula is C14H22N2O2. The number of nitrogens with one attached hydrogen (secondary N) is 1. The van der Waals surface area contributed by atoms with E-state index in [1.54, 1.807) is 0 Å². The molecule has 2 aliphatic rings. The van der Waals surface area contributed by atoms with Crippen LogP contribution in [-0.4, -0.2) is 37.7 Å². The Labute approximate surface area is 108 Å². The van der Waals surface area contributed by atoms with Crippen LogP contribution in [-0.2, 0) is 11.3 Å². The molecule has 4 heteroatoms. The maximum atomic E-state index is 5.98. The summed E-state index contributed by atoms with van der Waals surface area (Å²) in [6.45, 7) is 5.74. The van der Waals surface area contributed by atoms with E-state index in [2.05, 4.69) is 22.3 Å². The summed E-state index contributed by atoms with van der Waals surface area (Å²) in [6, 6.07) is 4.69. The Kier molecular flexibility index (Phi) is 3.98. The van der Waals surface area contributed by atoms with Crippen LogP contribution in [0.15, 0.2) is 16.5 Å². The highest BCUT2D eigenvalue weighted by molar-refractivity contribution is 5.11. The van der Waals surface area contributed by atoms with E-state index < -0.39 is 0 Å². The van der Waals surface area contributed by atoms with Gasteiger partial charge in [0.15, 0.2) is 0 Å². The third-order valence-corrected chi connectivity index (χ3v) is 3.82. The standard InChI is InChI=1S/C14H22N2O2/c1-2-6-15-13(3-1)14-5-4-12(18-14)11-16-7-9-17-10-8-16/h4-5,13,15H,1-3,6-11H2/t13-/m0/s1. The third kappa shape index (κ3) is 2.94. The summed E-state index contributed by atoms with van der Waals surface area (Å²) in [5.74, 6) is 2.19. The van der Waals surface area contributed by atoms with Crippen molar-refractivity contribution in [3.05, 3.63) is 23.7 Å². The van der Waals surface area contributed by atoms with Crippen molar-refractivity contribution in [2.24, 2.45) is 0 Å². The molecular weight excluding hydrogens is 228 g/mol. The molecule has 0 amide bonds. The van der Waals surface area contributed by atoms with Gasteiger partial charge in [-0.05, 0) is 31.5 Å². The molecule has 3 heterocycles. The predicted molar refractivity (Wildman–Crippen MR) is 69.4 cm³/mol. The van der Waals surface area contributed by atoms with Crippen LogP contribution >= 0.6 is 0 Å². The van der Waals surface area contributed by atoms with Gasteiger partial charge in [0.25, 0.3) is 0 Å². The Morgan fingerprint density at radius 2 is 2.11 bits per heavy atom. The lowest BCUT2D eigenvalue weighted by Crippen LogP contribution is -2.35. The minimum Gasteiger partial charge on any atom is -0.463 e. The van der Waals surface area contributed by atoms with Gasteiger partial charge in [0.1, 0.15) is 11.5 Å². The molecule has 0 radical (unpaired) electrons. The second-order valence-electron chi connectivity index (χ2n) is 5.20. The molecule has 3 rings (SSSR count). The van der Waals surface area contributed by atoms with Crippen molar-refractivity contribution in [2.45, 2.75) is 31.8 Å². The van der Waals surface area contributed by atoms with E-state index >= 15 is 0 Å². The highest BCUT2D eigenvalue weighted by atomic mass is 16.5. The summed E-state index contributed by atoms with van der Waals surface area (Å²) >= 11 is 0. The van der Waals surface area contributed by atoms with Gasteiger partial charge in [-0.15, -0.1) is 0 Å². The first-order valence-corrected chi connectivity index (χ1v) is 7.04. The Morgan fingerprint density at radius 1 is 1.22 bits per heavy atom. The molecule has 1 atom stereocenters. The Balaban J connectivity index is 1.58. The highest BCUT2D eigenvalue weighted by Gasteiger charge is 2.19. The molecule has 0 bridgehead atoms. The molecule has 2 saturated heterocycles. The van der Waals surface area contributed by atoms with E-state index in [9.17, 15) is 0 Å². The van der Waals surface area contributed by atoms with Crippen LogP contribution in [0.25, 0.3) is 0 Å². The second-order valence-corrected chi connectivity index (χ2v) is 5.20. The second kappa shape index (κ2) is 5.87. The zero-order valence-corrected chi connectivity index (χ0v) is 10.9. The van der Waals surface area contributed by atoms with E-state index in [4.69, 9.17) is 9.15 Å². The van der Waals surface area contributed by atoms with Crippen LogP contribution in [0.1, 0.15) is 36.8 Å². The van der Waals surface area contributed by atoms with Crippen molar-refractivity contribution < 1.29 is 9.15 Å². The molecule has 4 nitrogen and oxygen atoms in total. The van der Waals surface area contributed by atoms with Gasteiger partial charge in [-0.25, -0.2) is 0 Å². The van der Waals surface area contributed by atoms with Crippen LogP contribution in [0, 0.1) is 0 Å². The van der Waals surface area contributed by atoms with Crippen molar-refractivity contribution in [3.63, 3.8) is 0 Å². The first-order valence-electron chi connectivity index (χ1n) is 7.04. The van der Waals surface area contributed by atoms with Gasteiger partial charge in [0.05, 0.1) is 25.8 Å². The first kappa shape index (κ1) is 12.2. The average Bonchev–Trinajstić information content (AvgIpc) is 2.89. The minimum atomic E-state index is 0.428. The monoisotopic (exact) mass is 250 g/mol. The normalized spacial score (nSPS) is 26.3. The Bertz CT molecular complexity index is 366. The number of rotatable bonds is 3. The number of hydrogen-bond acceptors (Lipinski definition) is 4. The fourth-order valence-electron chi connectivity index (χ4n) is 2.74. The van der Waals surface area contributed by atoms with E-state index in [1.165, 1.54) is 19.3 Å². The topological polar surface area (TPSA) is 37.6 Å². The zero-order chi connectivity index (χ0) is 12.2. The van der Waals surface area contributed by atoms with Gasteiger partial charge in [-0.2, -0.15) is 0 Å². The van der Waals surface area contributed by atoms with Crippen LogP contribution in [0.5, 0.6) is 0 Å². The van der Waals surface area contributed by atoms with Gasteiger partial charge >= 0.3 is 0 Å². The molecule has 0 aromatic carbocycles. The summed E-state index contributed by atoms with van der Waals surface area (Å²) in [7, 11) is 0. The van der Waals surface area contributed by atoms with Crippen molar-refractivity contribution in [3.8, 4) is 0 Å². The molecule has 0 aliphatic carbocycles. The molecule has 1 N–H and O–H groups in total. The van der Waals surface area contributed by atoms with Crippen molar-refractivity contribution in [1.82, 2.24) is 10.2 Å². The number of hydrogen-bond donors (Lipinski definition) is 1. The van der Waals surface area contributed by atoms with E-state index in [0.717, 1.165) is 50.9 Å². The smallest absolute Gasteiger partial charge is 0.121 e. The van der Waals surface area contributed by atoms with Gasteiger partial charge in [0.2, 0.25) is 0 Å². The van der Waals surface area contributed by atoms with E-state index in [0.29, 0.717) is 6.04 Å². The van der Waals surface area contributed by atoms with Crippen molar-refractivity contribution in [2.75, 3.05) is 32.8 Å². The van der Waals surface area contributed by atoms with Gasteiger partial charge in [-0.3, -0.25) is 4.90 Å². The minimum absolute atomic E-state index is 0.428. The predicted octanol–water partition coefficient (Wildman–Crippen LogP) is 1.93. The van der Waals surface area contributed by atoms with E-state index in [1.807, 2.05) is 0 Å². The molecule has 18 heavy (non-hydrogen) atoms. The number of ether oxygens (including phenoxy) is 1. The summed E-state index contributed by atoms with van der Waals surface area (Å²) in [6.07, 6.45) is 3.79. The summed E-state index contributed by atoms with van der Waals surface area (Å²) < 4.78 is 11.3. The highest BCUT2D eigenvalue weighted by Crippen LogP contribution is 2.25. The SMILES string of the molecule is c1cc([C@@H]2CCCCN2)oc1CN1CCOCC1. The molecule has 1 aromatic heterocycles. The quantitative estimate of drug-likeness (QED) is 0.889. The van der Waals surface area contributed by atoms with Crippen LogP contribution in [0.4, 0.5) is 0 Å². The molecule has 0 unspecified atom stereocenters. The van der Waals surface area contributed by atoms with Crippen LogP contribution in [0.2, 0.25) is 0 Å². The first-order chi connectivity index (χ1) is 8.92. The Hall–Kier alpha value is -0.840. The number of nitrogens with zero attached hydrogens (tertiary/aromatic N) is 1. The van der Waals surface area contributed by atoms with Crippen LogP contribution < -0.4 is 5.32 Å². The lowest BCUT2D eigenvalue weighted by atomic mass is 10.0. The maximum absolute atomic E-state index is 5.98. The third-order valence-electron chi connectivity index (χ3n) is 3.82. The zero-order valence-electron chi connectivity index (χ0n) is 10.9. The fraction of sp³-hybridized carbons (Fsp3) is 0.714. The molecule has 2 aliphatic heterocycles.